The van der Waals surface area contributed by atoms with Crippen LogP contribution in [0.25, 0.3) is 0 Å². The Balaban J connectivity index is 2.27. The van der Waals surface area contributed by atoms with Crippen molar-refractivity contribution in [1.29, 1.82) is 0 Å². The van der Waals surface area contributed by atoms with Crippen LogP contribution in [0.2, 0.25) is 0 Å². The molecule has 1 N–H and O–H groups in total. The molecule has 2 nitrogen and oxygen atoms in total. The fourth-order valence-corrected chi connectivity index (χ4v) is 3.30. The van der Waals surface area contributed by atoms with E-state index in [9.17, 15) is 0 Å². The quantitative estimate of drug-likeness (QED) is 0.841. The van der Waals surface area contributed by atoms with E-state index in [1.165, 1.54) is 11.1 Å². The highest BCUT2D eigenvalue weighted by molar-refractivity contribution is 9.10. The van der Waals surface area contributed by atoms with Crippen molar-refractivity contribution in [3.8, 4) is 5.75 Å². The summed E-state index contributed by atoms with van der Waals surface area (Å²) in [5.41, 5.74) is 2.61. The first-order valence-corrected chi connectivity index (χ1v) is 8.06. The van der Waals surface area contributed by atoms with E-state index in [1.54, 1.807) is 18.4 Å². The highest BCUT2D eigenvalue weighted by atomic mass is 79.9. The van der Waals surface area contributed by atoms with Crippen molar-refractivity contribution in [2.24, 2.45) is 0 Å². The van der Waals surface area contributed by atoms with Crippen molar-refractivity contribution < 1.29 is 4.74 Å². The molecule has 0 amide bonds. The molecule has 0 saturated carbocycles. The third-order valence-corrected chi connectivity index (χ3v) is 4.50. The fraction of sp³-hybridized carbons (Fsp3) is 0.333. The molecule has 1 aromatic heterocycles. The predicted octanol–water partition coefficient (Wildman–Crippen LogP) is 4.41. The normalized spacial score (nSPS) is 12.4. The van der Waals surface area contributed by atoms with Gasteiger partial charge in [-0.2, -0.15) is 11.3 Å². The monoisotopic (exact) mass is 339 g/mol. The van der Waals surface area contributed by atoms with Gasteiger partial charge in [-0.05, 0) is 59.1 Å². The number of ether oxygens (including phenoxy) is 1. The van der Waals surface area contributed by atoms with Crippen LogP contribution in [-0.4, -0.2) is 13.7 Å². The zero-order valence-corrected chi connectivity index (χ0v) is 13.6. The van der Waals surface area contributed by atoms with Gasteiger partial charge in [0.05, 0.1) is 7.11 Å². The first-order chi connectivity index (χ1) is 9.24. The van der Waals surface area contributed by atoms with E-state index in [0.717, 1.165) is 23.2 Å². The lowest BCUT2D eigenvalue weighted by Gasteiger charge is -2.20. The average molecular weight is 340 g/mol. The molecule has 0 fully saturated rings. The van der Waals surface area contributed by atoms with Gasteiger partial charge in [-0.15, -0.1) is 0 Å². The molecule has 0 saturated heterocycles. The summed E-state index contributed by atoms with van der Waals surface area (Å²) >= 11 is 5.38. The minimum Gasteiger partial charge on any atom is -0.497 e. The summed E-state index contributed by atoms with van der Waals surface area (Å²) in [7, 11) is 1.70. The molecule has 4 heteroatoms. The fourth-order valence-electron chi connectivity index (χ4n) is 2.10. The van der Waals surface area contributed by atoms with Gasteiger partial charge in [0.25, 0.3) is 0 Å². The highest BCUT2D eigenvalue weighted by Gasteiger charge is 2.15. The molecule has 0 aliphatic rings. The molecule has 2 aromatic rings. The second-order valence-electron chi connectivity index (χ2n) is 4.33. The number of nitrogens with one attached hydrogen (secondary N) is 1. The van der Waals surface area contributed by atoms with E-state index in [4.69, 9.17) is 4.74 Å². The Hall–Kier alpha value is -0.840. The zero-order chi connectivity index (χ0) is 13.7. The van der Waals surface area contributed by atoms with Crippen LogP contribution in [0.5, 0.6) is 5.75 Å². The van der Waals surface area contributed by atoms with Crippen LogP contribution < -0.4 is 10.1 Å². The van der Waals surface area contributed by atoms with Crippen LogP contribution in [0, 0.1) is 0 Å². The van der Waals surface area contributed by atoms with E-state index < -0.39 is 0 Å². The number of hydrogen-bond donors (Lipinski definition) is 1. The molecular weight excluding hydrogens is 322 g/mol. The van der Waals surface area contributed by atoms with E-state index >= 15 is 0 Å². The van der Waals surface area contributed by atoms with E-state index in [2.05, 4.69) is 51.1 Å². The predicted molar refractivity (Wildman–Crippen MR) is 85.1 cm³/mol. The van der Waals surface area contributed by atoms with Crippen LogP contribution in [0.1, 0.15) is 24.1 Å². The van der Waals surface area contributed by atoms with Crippen molar-refractivity contribution in [3.63, 3.8) is 0 Å². The highest BCUT2D eigenvalue weighted by Crippen LogP contribution is 2.30. The molecule has 0 bridgehead atoms. The molecule has 1 atom stereocenters. The van der Waals surface area contributed by atoms with E-state index in [1.807, 2.05) is 12.1 Å². The maximum atomic E-state index is 5.33. The molecule has 1 unspecified atom stereocenters. The van der Waals surface area contributed by atoms with Crippen molar-refractivity contribution >= 4 is 27.3 Å². The smallest absolute Gasteiger partial charge is 0.119 e. The van der Waals surface area contributed by atoms with Gasteiger partial charge in [0.1, 0.15) is 5.75 Å². The third-order valence-electron chi connectivity index (χ3n) is 3.05. The van der Waals surface area contributed by atoms with Crippen LogP contribution in [-0.2, 0) is 6.42 Å². The van der Waals surface area contributed by atoms with Crippen LogP contribution >= 0.6 is 27.3 Å². The van der Waals surface area contributed by atoms with Crippen molar-refractivity contribution in [2.45, 2.75) is 19.4 Å². The van der Waals surface area contributed by atoms with Gasteiger partial charge in [-0.25, -0.2) is 0 Å². The van der Waals surface area contributed by atoms with E-state index in [0.29, 0.717) is 6.04 Å². The van der Waals surface area contributed by atoms with Crippen LogP contribution in [0.15, 0.2) is 39.5 Å². The second kappa shape index (κ2) is 7.08. The van der Waals surface area contributed by atoms with E-state index in [-0.39, 0.29) is 0 Å². The SMILES string of the molecule is CCNC(Cc1ccsc1)c1cc(OC)ccc1Br. The number of halogens is 1. The molecule has 0 spiro atoms. The summed E-state index contributed by atoms with van der Waals surface area (Å²) < 4.78 is 6.45. The number of likely N-dealkylation sites (N-methyl/N-ethyl adjacent to an activating group) is 1. The minimum absolute atomic E-state index is 0.295. The van der Waals surface area contributed by atoms with Gasteiger partial charge in [-0.1, -0.05) is 22.9 Å². The molecule has 1 heterocycles. The summed E-state index contributed by atoms with van der Waals surface area (Å²) in [6.07, 6.45) is 0.989. The summed E-state index contributed by atoms with van der Waals surface area (Å²) in [4.78, 5) is 0. The average Bonchev–Trinajstić information content (AvgIpc) is 2.92. The molecular formula is C15H18BrNOS. The molecule has 0 aliphatic carbocycles. The number of hydrogen-bond acceptors (Lipinski definition) is 3. The van der Waals surface area contributed by atoms with Gasteiger partial charge in [0, 0.05) is 10.5 Å². The summed E-state index contributed by atoms with van der Waals surface area (Å²) in [6, 6.07) is 8.60. The summed E-state index contributed by atoms with van der Waals surface area (Å²) in [5.74, 6) is 0.895. The molecule has 2 rings (SSSR count). The summed E-state index contributed by atoms with van der Waals surface area (Å²) in [5, 5.41) is 7.88. The standard InChI is InChI=1S/C15H18BrNOS/c1-3-17-15(8-11-6-7-19-10-11)13-9-12(18-2)4-5-14(13)16/h4-7,9-10,15,17H,3,8H2,1-2H3. The first kappa shape index (κ1) is 14.6. The van der Waals surface area contributed by atoms with Crippen molar-refractivity contribution in [2.75, 3.05) is 13.7 Å². The zero-order valence-electron chi connectivity index (χ0n) is 11.2. The van der Waals surface area contributed by atoms with Crippen molar-refractivity contribution in [1.82, 2.24) is 5.32 Å². The number of rotatable bonds is 6. The molecule has 0 radical (unpaired) electrons. The number of methoxy groups -OCH3 is 1. The Morgan fingerprint density at radius 1 is 1.37 bits per heavy atom. The third kappa shape index (κ3) is 3.81. The largest absolute Gasteiger partial charge is 0.497 e. The lowest BCUT2D eigenvalue weighted by molar-refractivity contribution is 0.412. The van der Waals surface area contributed by atoms with Crippen molar-refractivity contribution in [3.05, 3.63) is 50.6 Å². The molecule has 102 valence electrons. The minimum atomic E-state index is 0.295. The Morgan fingerprint density at radius 3 is 2.84 bits per heavy atom. The van der Waals surface area contributed by atoms with Gasteiger partial charge < -0.3 is 10.1 Å². The van der Waals surface area contributed by atoms with Crippen LogP contribution in [0.3, 0.4) is 0 Å². The molecule has 19 heavy (non-hydrogen) atoms. The maximum Gasteiger partial charge on any atom is 0.119 e. The topological polar surface area (TPSA) is 21.3 Å². The van der Waals surface area contributed by atoms with Gasteiger partial charge in [-0.3, -0.25) is 0 Å². The molecule has 0 aliphatic heterocycles. The van der Waals surface area contributed by atoms with Gasteiger partial charge >= 0.3 is 0 Å². The number of thiophene rings is 1. The lowest BCUT2D eigenvalue weighted by Crippen LogP contribution is -2.23. The number of benzene rings is 1. The Morgan fingerprint density at radius 2 is 2.21 bits per heavy atom. The first-order valence-electron chi connectivity index (χ1n) is 6.32. The van der Waals surface area contributed by atoms with Gasteiger partial charge in [0.15, 0.2) is 0 Å². The maximum absolute atomic E-state index is 5.33. The summed E-state index contributed by atoms with van der Waals surface area (Å²) in [6.45, 7) is 3.08. The molecule has 1 aromatic carbocycles. The lowest BCUT2D eigenvalue weighted by atomic mass is 10.00. The Kier molecular flexibility index (Phi) is 5.43. The Bertz CT molecular complexity index is 513. The van der Waals surface area contributed by atoms with Crippen LogP contribution in [0.4, 0.5) is 0 Å². The second-order valence-corrected chi connectivity index (χ2v) is 5.97. The van der Waals surface area contributed by atoms with Gasteiger partial charge in [0.2, 0.25) is 0 Å². The Labute approximate surface area is 126 Å².